The van der Waals surface area contributed by atoms with E-state index in [1.807, 2.05) is 0 Å². The minimum atomic E-state index is 0.391. The second-order valence-corrected chi connectivity index (χ2v) is 3.26. The van der Waals surface area contributed by atoms with E-state index >= 15 is 0 Å². The number of nitrogens with zero attached hydrogens (tertiary/aromatic N) is 2. The molecule has 5 nitrogen and oxygen atoms in total. The van der Waals surface area contributed by atoms with E-state index in [9.17, 15) is 4.79 Å². The van der Waals surface area contributed by atoms with Crippen LogP contribution in [0.1, 0.15) is 9.80 Å². The van der Waals surface area contributed by atoms with Gasteiger partial charge in [-0.3, -0.25) is 9.89 Å². The van der Waals surface area contributed by atoms with Crippen LogP contribution in [0.3, 0.4) is 0 Å². The Morgan fingerprint density at radius 1 is 1.62 bits per heavy atom. The third-order valence-corrected chi connectivity index (χ3v) is 2.34. The number of carbonyl (C=O) groups is 1. The lowest BCUT2D eigenvalue weighted by molar-refractivity contribution is 0.112. The Morgan fingerprint density at radius 2 is 2.46 bits per heavy atom. The number of aromatic nitrogens is 3. The second-order valence-electron chi connectivity index (χ2n) is 2.37. The predicted molar refractivity (Wildman–Crippen MR) is 49.5 cm³/mol. The molecular formula is C7H6N4OS. The maximum Gasteiger partial charge on any atom is 0.178 e. The van der Waals surface area contributed by atoms with E-state index in [-0.39, 0.29) is 0 Å². The van der Waals surface area contributed by atoms with Crippen LogP contribution in [0, 0.1) is 0 Å². The van der Waals surface area contributed by atoms with E-state index in [0.29, 0.717) is 22.8 Å². The average Bonchev–Trinajstić information content (AvgIpc) is 2.71. The van der Waals surface area contributed by atoms with Crippen molar-refractivity contribution in [2.24, 2.45) is 0 Å². The molecular weight excluding hydrogens is 188 g/mol. The maximum atomic E-state index is 10.4. The molecule has 0 saturated heterocycles. The standard InChI is InChI=1S/C7H6N4OS/c8-7-4(1-9-11-7)5-3-13-6(2-12)10-5/h1-3H,(H3,8,9,11). The lowest BCUT2D eigenvalue weighted by atomic mass is 10.3. The summed E-state index contributed by atoms with van der Waals surface area (Å²) in [6.45, 7) is 0. The van der Waals surface area contributed by atoms with Crippen LogP contribution in [-0.2, 0) is 0 Å². The summed E-state index contributed by atoms with van der Waals surface area (Å²) in [5.74, 6) is 0.391. The molecule has 0 atom stereocenters. The van der Waals surface area contributed by atoms with Gasteiger partial charge < -0.3 is 5.73 Å². The summed E-state index contributed by atoms with van der Waals surface area (Å²) >= 11 is 1.28. The largest absolute Gasteiger partial charge is 0.382 e. The first-order valence-electron chi connectivity index (χ1n) is 3.51. The molecule has 0 radical (unpaired) electrons. The Hall–Kier alpha value is -1.69. The number of aldehydes is 1. The Labute approximate surface area is 77.6 Å². The molecule has 0 bridgehead atoms. The number of aromatic amines is 1. The van der Waals surface area contributed by atoms with E-state index in [4.69, 9.17) is 5.73 Å². The van der Waals surface area contributed by atoms with E-state index in [2.05, 4.69) is 15.2 Å². The van der Waals surface area contributed by atoms with Crippen molar-refractivity contribution in [3.05, 3.63) is 16.6 Å². The monoisotopic (exact) mass is 194 g/mol. The number of H-pyrrole nitrogens is 1. The quantitative estimate of drug-likeness (QED) is 0.696. The van der Waals surface area contributed by atoms with Crippen LogP contribution in [-0.4, -0.2) is 21.5 Å². The third kappa shape index (κ3) is 1.31. The van der Waals surface area contributed by atoms with Crippen molar-refractivity contribution >= 4 is 23.4 Å². The van der Waals surface area contributed by atoms with Crippen LogP contribution in [0.2, 0.25) is 0 Å². The van der Waals surface area contributed by atoms with Crippen LogP contribution >= 0.6 is 11.3 Å². The fraction of sp³-hybridized carbons (Fsp3) is 0. The molecule has 0 unspecified atom stereocenters. The zero-order chi connectivity index (χ0) is 9.26. The van der Waals surface area contributed by atoms with Gasteiger partial charge in [-0.25, -0.2) is 4.98 Å². The van der Waals surface area contributed by atoms with Gasteiger partial charge in [0, 0.05) is 11.6 Å². The minimum Gasteiger partial charge on any atom is -0.382 e. The minimum absolute atomic E-state index is 0.391. The van der Waals surface area contributed by atoms with Crippen LogP contribution in [0.15, 0.2) is 11.6 Å². The summed E-state index contributed by atoms with van der Waals surface area (Å²) in [5, 5.41) is 8.59. The molecule has 0 amide bonds. The number of hydrogen-bond donors (Lipinski definition) is 2. The first-order valence-corrected chi connectivity index (χ1v) is 4.39. The first kappa shape index (κ1) is 7.93. The summed E-state index contributed by atoms with van der Waals surface area (Å²) in [5.41, 5.74) is 6.96. The lowest BCUT2D eigenvalue weighted by Gasteiger charge is -1.89. The molecule has 2 aromatic rings. The smallest absolute Gasteiger partial charge is 0.178 e. The highest BCUT2D eigenvalue weighted by atomic mass is 32.1. The highest BCUT2D eigenvalue weighted by molar-refractivity contribution is 7.11. The lowest BCUT2D eigenvalue weighted by Crippen LogP contribution is -1.87. The van der Waals surface area contributed by atoms with Crippen molar-refractivity contribution in [3.63, 3.8) is 0 Å². The molecule has 2 aromatic heterocycles. The maximum absolute atomic E-state index is 10.4. The molecule has 0 spiro atoms. The van der Waals surface area contributed by atoms with Gasteiger partial charge in [0.05, 0.1) is 11.3 Å². The number of carbonyl (C=O) groups excluding carboxylic acids is 1. The molecule has 66 valence electrons. The van der Waals surface area contributed by atoms with Gasteiger partial charge in [-0.1, -0.05) is 0 Å². The second kappa shape index (κ2) is 2.98. The molecule has 13 heavy (non-hydrogen) atoms. The van der Waals surface area contributed by atoms with E-state index in [0.717, 1.165) is 5.56 Å². The van der Waals surface area contributed by atoms with Crippen molar-refractivity contribution in [3.8, 4) is 11.3 Å². The summed E-state index contributed by atoms with van der Waals surface area (Å²) in [4.78, 5) is 14.4. The summed E-state index contributed by atoms with van der Waals surface area (Å²) in [6, 6.07) is 0. The van der Waals surface area contributed by atoms with Crippen LogP contribution in [0.25, 0.3) is 11.3 Å². The molecule has 3 N–H and O–H groups in total. The van der Waals surface area contributed by atoms with Gasteiger partial charge in [-0.15, -0.1) is 11.3 Å². The van der Waals surface area contributed by atoms with E-state index in [1.165, 1.54) is 11.3 Å². The molecule has 0 aliphatic heterocycles. The number of nitrogens with two attached hydrogens (primary N) is 1. The van der Waals surface area contributed by atoms with E-state index in [1.54, 1.807) is 11.6 Å². The SMILES string of the molecule is Nc1n[nH]cc1-c1csc(C=O)n1. The Morgan fingerprint density at radius 3 is 3.00 bits per heavy atom. The molecule has 0 saturated carbocycles. The average molecular weight is 194 g/mol. The highest BCUT2D eigenvalue weighted by Crippen LogP contribution is 2.24. The normalized spacial score (nSPS) is 10.2. The van der Waals surface area contributed by atoms with Gasteiger partial charge in [0.1, 0.15) is 0 Å². The van der Waals surface area contributed by atoms with Crippen LogP contribution < -0.4 is 5.73 Å². The zero-order valence-corrected chi connectivity index (χ0v) is 7.34. The Kier molecular flexibility index (Phi) is 1.82. The number of anilines is 1. The molecule has 2 rings (SSSR count). The summed E-state index contributed by atoms with van der Waals surface area (Å²) in [6.07, 6.45) is 2.36. The number of rotatable bonds is 2. The van der Waals surface area contributed by atoms with Gasteiger partial charge in [0.2, 0.25) is 0 Å². The number of nitrogens with one attached hydrogen (secondary N) is 1. The molecule has 0 aliphatic rings. The topological polar surface area (TPSA) is 84.7 Å². The van der Waals surface area contributed by atoms with Crippen molar-refractivity contribution in [1.29, 1.82) is 0 Å². The summed E-state index contributed by atoms with van der Waals surface area (Å²) in [7, 11) is 0. The molecule has 2 heterocycles. The number of nitrogen functional groups attached to an aromatic ring is 1. The predicted octanol–water partition coefficient (Wildman–Crippen LogP) is 0.928. The van der Waals surface area contributed by atoms with Crippen molar-refractivity contribution < 1.29 is 4.79 Å². The summed E-state index contributed by atoms with van der Waals surface area (Å²) < 4.78 is 0. The Balaban J connectivity index is 2.46. The van der Waals surface area contributed by atoms with Crippen LogP contribution in [0.4, 0.5) is 5.82 Å². The highest BCUT2D eigenvalue weighted by Gasteiger charge is 2.08. The molecule has 6 heteroatoms. The third-order valence-electron chi connectivity index (χ3n) is 1.57. The first-order chi connectivity index (χ1) is 6.31. The van der Waals surface area contributed by atoms with E-state index < -0.39 is 0 Å². The molecule has 0 fully saturated rings. The van der Waals surface area contributed by atoms with Gasteiger partial charge in [-0.05, 0) is 0 Å². The molecule has 0 aromatic carbocycles. The number of thiazole rings is 1. The van der Waals surface area contributed by atoms with Gasteiger partial charge >= 0.3 is 0 Å². The Bertz CT molecular complexity index is 433. The fourth-order valence-electron chi connectivity index (χ4n) is 0.971. The van der Waals surface area contributed by atoms with Crippen molar-refractivity contribution in [1.82, 2.24) is 15.2 Å². The van der Waals surface area contributed by atoms with Gasteiger partial charge in [0.25, 0.3) is 0 Å². The zero-order valence-electron chi connectivity index (χ0n) is 6.52. The fourth-order valence-corrected chi connectivity index (χ4v) is 1.59. The van der Waals surface area contributed by atoms with Crippen LogP contribution in [0.5, 0.6) is 0 Å². The van der Waals surface area contributed by atoms with Gasteiger partial charge in [0.15, 0.2) is 17.1 Å². The van der Waals surface area contributed by atoms with Crippen molar-refractivity contribution in [2.75, 3.05) is 5.73 Å². The van der Waals surface area contributed by atoms with Crippen molar-refractivity contribution in [2.45, 2.75) is 0 Å². The van der Waals surface area contributed by atoms with Gasteiger partial charge in [-0.2, -0.15) is 5.10 Å². The number of hydrogen-bond acceptors (Lipinski definition) is 5. The molecule has 0 aliphatic carbocycles.